The molecule has 0 saturated carbocycles. The Balaban J connectivity index is 1.32. The quantitative estimate of drug-likeness (QED) is 0.183. The van der Waals surface area contributed by atoms with Gasteiger partial charge in [0.05, 0.1) is 22.4 Å². The van der Waals surface area contributed by atoms with Gasteiger partial charge in [0.25, 0.3) is 0 Å². The number of benzene rings is 7. The van der Waals surface area contributed by atoms with Gasteiger partial charge in [0.15, 0.2) is 5.82 Å². The summed E-state index contributed by atoms with van der Waals surface area (Å²) in [5.41, 5.74) is 20.3. The van der Waals surface area contributed by atoms with Gasteiger partial charge in [0, 0.05) is 11.1 Å². The zero-order chi connectivity index (χ0) is 41.1. The number of aromatic hydroxyl groups is 1. The Bertz CT molecular complexity index is 3080. The fourth-order valence-electron chi connectivity index (χ4n) is 9.27. The summed E-state index contributed by atoms with van der Waals surface area (Å²) < 4.78 is 2.32. The van der Waals surface area contributed by atoms with E-state index >= 15 is 0 Å². The first-order valence-electron chi connectivity index (χ1n) is 20.9. The van der Waals surface area contributed by atoms with E-state index in [1.165, 1.54) is 16.7 Å². The summed E-state index contributed by atoms with van der Waals surface area (Å²) in [7, 11) is 0. The number of imidazole rings is 1. The third-order valence-corrected chi connectivity index (χ3v) is 12.2. The number of phenols is 1. The van der Waals surface area contributed by atoms with Crippen LogP contribution in [-0.4, -0.2) is 19.6 Å². The lowest BCUT2D eigenvalue weighted by Gasteiger charge is -2.23. The van der Waals surface area contributed by atoms with Crippen molar-refractivity contribution >= 4 is 11.0 Å². The predicted molar refractivity (Wildman–Crippen MR) is 249 cm³/mol. The Morgan fingerprint density at radius 3 is 1.88 bits per heavy atom. The van der Waals surface area contributed by atoms with Crippen LogP contribution in [0.25, 0.3) is 84.0 Å². The number of aromatic nitrogens is 3. The fourth-order valence-corrected chi connectivity index (χ4v) is 9.27. The molecule has 0 saturated heterocycles. The lowest BCUT2D eigenvalue weighted by Crippen LogP contribution is -2.10. The van der Waals surface area contributed by atoms with E-state index in [4.69, 9.17) is 9.97 Å². The van der Waals surface area contributed by atoms with Gasteiger partial charge < -0.3 is 5.11 Å². The normalized spacial score (nSPS) is 12.3. The van der Waals surface area contributed by atoms with Gasteiger partial charge in [-0.05, 0) is 117 Å². The molecule has 0 unspecified atom stereocenters. The van der Waals surface area contributed by atoms with Gasteiger partial charge in [-0.1, -0.05) is 166 Å². The number of pyridine rings is 1. The van der Waals surface area contributed by atoms with E-state index in [0.717, 1.165) is 108 Å². The molecule has 0 amide bonds. The molecule has 292 valence electrons. The summed E-state index contributed by atoms with van der Waals surface area (Å²) in [5.74, 6) is 1.02. The SMILES string of the molecule is Cc1cccc(C)c1-n1c(-c2ccc3c(n2)-c2c(O)cccc2CC3)nc2c(-c3ccccc3)c(-c3c(-c4ccccc4)cccc3-c3cccc(C(C)(C)C)c3)ccc21. The van der Waals surface area contributed by atoms with Crippen molar-refractivity contribution in [1.29, 1.82) is 0 Å². The van der Waals surface area contributed by atoms with E-state index in [1.54, 1.807) is 6.07 Å². The Labute approximate surface area is 352 Å². The van der Waals surface area contributed by atoms with Crippen molar-refractivity contribution < 1.29 is 5.11 Å². The molecular weight excluding hydrogens is 731 g/mol. The van der Waals surface area contributed by atoms with E-state index in [9.17, 15) is 5.11 Å². The summed E-state index contributed by atoms with van der Waals surface area (Å²) in [6, 6.07) is 58.4. The number of hydrogen-bond donors (Lipinski definition) is 1. The standard InChI is InChI=1S/C56H47N3O/c1-35-16-12-17-36(2)54(35)59-47-33-31-45(51-43(37-18-8-6-9-19-37)25-15-26-44(51)41-23-13-24-42(34-41)56(3,4)5)49(38-20-10-7-11-21-38)53(47)58-55(59)46-32-30-40-29-28-39-22-14-27-48(60)50(39)52(40)57-46/h6-27,30-34,60H,28-29H2,1-5H3. The van der Waals surface area contributed by atoms with Crippen molar-refractivity contribution in [1.82, 2.24) is 14.5 Å². The Morgan fingerprint density at radius 2 is 1.15 bits per heavy atom. The molecule has 7 aromatic carbocycles. The number of para-hydroxylation sites is 1. The van der Waals surface area contributed by atoms with Crippen LogP contribution < -0.4 is 0 Å². The molecule has 1 aliphatic carbocycles. The highest BCUT2D eigenvalue weighted by Crippen LogP contribution is 2.48. The zero-order valence-corrected chi connectivity index (χ0v) is 34.8. The highest BCUT2D eigenvalue weighted by Gasteiger charge is 2.28. The number of nitrogens with zero attached hydrogens (tertiary/aromatic N) is 3. The van der Waals surface area contributed by atoms with Gasteiger partial charge >= 0.3 is 0 Å². The van der Waals surface area contributed by atoms with Gasteiger partial charge in [-0.15, -0.1) is 0 Å². The smallest absolute Gasteiger partial charge is 0.164 e. The average molecular weight is 778 g/mol. The molecule has 60 heavy (non-hydrogen) atoms. The van der Waals surface area contributed by atoms with E-state index in [2.05, 4.69) is 191 Å². The minimum absolute atomic E-state index is 0.0101. The molecule has 0 radical (unpaired) electrons. The molecule has 0 aliphatic heterocycles. The topological polar surface area (TPSA) is 50.9 Å². The molecule has 0 spiro atoms. The predicted octanol–water partition coefficient (Wildman–Crippen LogP) is 14.1. The van der Waals surface area contributed by atoms with Crippen LogP contribution in [0.1, 0.15) is 48.6 Å². The highest BCUT2D eigenvalue weighted by atomic mass is 16.3. The molecule has 0 fully saturated rings. The Morgan fingerprint density at radius 1 is 0.517 bits per heavy atom. The number of phenolic OH excluding ortho intramolecular Hbond substituents is 1. The molecule has 4 heteroatoms. The van der Waals surface area contributed by atoms with Crippen LogP contribution in [-0.2, 0) is 18.3 Å². The van der Waals surface area contributed by atoms with Gasteiger partial charge in [-0.3, -0.25) is 4.57 Å². The number of fused-ring (bicyclic) bond motifs is 4. The minimum Gasteiger partial charge on any atom is -0.507 e. The molecule has 0 bridgehead atoms. The molecule has 1 N–H and O–H groups in total. The second kappa shape index (κ2) is 14.7. The van der Waals surface area contributed by atoms with Gasteiger partial charge in [0.1, 0.15) is 11.4 Å². The first-order valence-corrected chi connectivity index (χ1v) is 20.9. The Hall–Kier alpha value is -7.04. The van der Waals surface area contributed by atoms with Gasteiger partial charge in [-0.25, -0.2) is 9.97 Å². The van der Waals surface area contributed by atoms with E-state index in [-0.39, 0.29) is 11.2 Å². The number of rotatable bonds is 6. The maximum absolute atomic E-state index is 11.2. The first-order chi connectivity index (χ1) is 29.2. The van der Waals surface area contributed by atoms with Crippen LogP contribution in [0.5, 0.6) is 5.75 Å². The van der Waals surface area contributed by atoms with Crippen LogP contribution in [0.3, 0.4) is 0 Å². The van der Waals surface area contributed by atoms with Crippen LogP contribution in [0, 0.1) is 13.8 Å². The van der Waals surface area contributed by atoms with E-state index < -0.39 is 0 Å². The van der Waals surface area contributed by atoms with E-state index in [1.807, 2.05) is 6.07 Å². The monoisotopic (exact) mass is 777 g/mol. The van der Waals surface area contributed by atoms with Crippen molar-refractivity contribution in [3.8, 4) is 78.7 Å². The summed E-state index contributed by atoms with van der Waals surface area (Å²) in [6.45, 7) is 11.2. The van der Waals surface area contributed by atoms with Crippen LogP contribution in [0.2, 0.25) is 0 Å². The van der Waals surface area contributed by atoms with Crippen molar-refractivity contribution in [2.75, 3.05) is 0 Å². The van der Waals surface area contributed by atoms with Gasteiger partial charge in [0.2, 0.25) is 0 Å². The summed E-state index contributed by atoms with van der Waals surface area (Å²) >= 11 is 0. The van der Waals surface area contributed by atoms with Crippen molar-refractivity contribution in [3.05, 3.63) is 192 Å². The molecule has 4 nitrogen and oxygen atoms in total. The maximum atomic E-state index is 11.2. The molecule has 10 rings (SSSR count). The van der Waals surface area contributed by atoms with Gasteiger partial charge in [-0.2, -0.15) is 0 Å². The third-order valence-electron chi connectivity index (χ3n) is 12.2. The minimum atomic E-state index is -0.0101. The molecule has 2 heterocycles. The molecule has 0 atom stereocenters. The van der Waals surface area contributed by atoms with Crippen molar-refractivity contribution in [2.24, 2.45) is 0 Å². The number of hydrogen-bond acceptors (Lipinski definition) is 3. The molecule has 9 aromatic rings. The molecular formula is C56H47N3O. The lowest BCUT2D eigenvalue weighted by molar-refractivity contribution is 0.476. The maximum Gasteiger partial charge on any atom is 0.164 e. The van der Waals surface area contributed by atoms with Crippen molar-refractivity contribution in [2.45, 2.75) is 52.9 Å². The molecule has 1 aliphatic rings. The zero-order valence-electron chi connectivity index (χ0n) is 34.8. The third kappa shape index (κ3) is 6.31. The number of aryl methyl sites for hydroxylation is 4. The summed E-state index contributed by atoms with van der Waals surface area (Å²) in [4.78, 5) is 11.1. The highest BCUT2D eigenvalue weighted by molar-refractivity contribution is 6.08. The lowest BCUT2D eigenvalue weighted by atomic mass is 9.81. The first kappa shape index (κ1) is 37.2. The second-order valence-corrected chi connectivity index (χ2v) is 17.2. The van der Waals surface area contributed by atoms with Crippen molar-refractivity contribution in [3.63, 3.8) is 0 Å². The second-order valence-electron chi connectivity index (χ2n) is 17.2. The average Bonchev–Trinajstić information content (AvgIpc) is 3.65. The van der Waals surface area contributed by atoms with E-state index in [0.29, 0.717) is 0 Å². The fraction of sp³-hybridized carbons (Fsp3) is 0.143. The summed E-state index contributed by atoms with van der Waals surface area (Å²) in [6.07, 6.45) is 1.74. The van der Waals surface area contributed by atoms with Crippen LogP contribution in [0.15, 0.2) is 164 Å². The largest absolute Gasteiger partial charge is 0.507 e. The van der Waals surface area contributed by atoms with Crippen LogP contribution in [0.4, 0.5) is 0 Å². The molecule has 2 aromatic heterocycles. The van der Waals surface area contributed by atoms with Crippen LogP contribution >= 0.6 is 0 Å². The summed E-state index contributed by atoms with van der Waals surface area (Å²) in [5, 5.41) is 11.2. The Kier molecular flexibility index (Phi) is 9.10.